The molecule has 0 saturated carbocycles. The van der Waals surface area contributed by atoms with E-state index in [1.54, 1.807) is 17.1 Å². The molecular formula is C13H21N4O. The number of nitrogens with zero attached hydrogens (tertiary/aromatic N) is 3. The van der Waals surface area contributed by atoms with Crippen LogP contribution in [0.4, 0.5) is 0 Å². The van der Waals surface area contributed by atoms with Crippen molar-refractivity contribution in [1.29, 1.82) is 0 Å². The maximum absolute atomic E-state index is 12.6. The molecule has 1 radical (unpaired) electrons. The van der Waals surface area contributed by atoms with E-state index in [-0.39, 0.29) is 5.91 Å². The Kier molecular flexibility index (Phi) is 3.43. The molecule has 2 atom stereocenters. The Balaban J connectivity index is 2.15. The molecule has 1 fully saturated rings. The number of hydrogen-bond donors (Lipinski definition) is 1. The predicted molar refractivity (Wildman–Crippen MR) is 69.0 cm³/mol. The Labute approximate surface area is 108 Å². The molecule has 0 aromatic carbocycles. The Bertz CT molecular complexity index is 403. The highest BCUT2D eigenvalue weighted by Crippen LogP contribution is 2.19. The molecule has 1 N–H and O–H groups in total. The average Bonchev–Trinajstić information content (AvgIpc) is 2.80. The van der Waals surface area contributed by atoms with Gasteiger partial charge in [0.05, 0.1) is 6.20 Å². The van der Waals surface area contributed by atoms with Gasteiger partial charge >= 0.3 is 0 Å². The molecule has 99 valence electrons. The Hall–Kier alpha value is -1.36. The highest BCUT2D eigenvalue weighted by Gasteiger charge is 2.36. The first-order valence-corrected chi connectivity index (χ1v) is 6.38. The number of carbonyl (C=O) groups is 1. The Morgan fingerprint density at radius 3 is 2.50 bits per heavy atom. The summed E-state index contributed by atoms with van der Waals surface area (Å²) in [7, 11) is 0. The summed E-state index contributed by atoms with van der Waals surface area (Å²) >= 11 is 0. The molecular weight excluding hydrogens is 228 g/mol. The van der Waals surface area contributed by atoms with Gasteiger partial charge in [-0.05, 0) is 27.7 Å². The van der Waals surface area contributed by atoms with E-state index < -0.39 is 5.54 Å². The fourth-order valence-corrected chi connectivity index (χ4v) is 2.52. The van der Waals surface area contributed by atoms with Crippen LogP contribution in [-0.4, -0.2) is 45.8 Å². The van der Waals surface area contributed by atoms with Gasteiger partial charge < -0.3 is 10.2 Å². The van der Waals surface area contributed by atoms with Crippen LogP contribution >= 0.6 is 0 Å². The number of aromatic nitrogens is 2. The van der Waals surface area contributed by atoms with Gasteiger partial charge in [0.2, 0.25) is 5.91 Å². The standard InChI is InChI=1S/C13H21N4O/c1-10-8-16(9-11(2)15-10)12(18)13(3,4)17-7-5-6-14-17/h6-7,10-11,15H,8-9H2,1-4H3. The van der Waals surface area contributed by atoms with Gasteiger partial charge in [0.1, 0.15) is 5.54 Å². The Morgan fingerprint density at radius 2 is 2.00 bits per heavy atom. The number of piperazine rings is 1. The molecule has 1 aromatic rings. The minimum Gasteiger partial charge on any atom is -0.338 e. The van der Waals surface area contributed by atoms with Gasteiger partial charge in [-0.3, -0.25) is 9.48 Å². The minimum absolute atomic E-state index is 0.111. The quantitative estimate of drug-likeness (QED) is 0.836. The van der Waals surface area contributed by atoms with Crippen molar-refractivity contribution < 1.29 is 4.79 Å². The first kappa shape index (κ1) is 13.1. The SMILES string of the molecule is CC1CN(C(=O)C(C)(C)n2c[c]cn2)CC(C)N1. The van der Waals surface area contributed by atoms with Crippen molar-refractivity contribution in [1.82, 2.24) is 20.0 Å². The van der Waals surface area contributed by atoms with Crippen molar-refractivity contribution >= 4 is 5.91 Å². The van der Waals surface area contributed by atoms with Gasteiger partial charge in [0.15, 0.2) is 0 Å². The van der Waals surface area contributed by atoms with Crippen LogP contribution in [0.5, 0.6) is 0 Å². The molecule has 5 heteroatoms. The van der Waals surface area contributed by atoms with E-state index in [0.717, 1.165) is 13.1 Å². The summed E-state index contributed by atoms with van der Waals surface area (Å²) in [6.07, 6.45) is 3.30. The molecule has 1 saturated heterocycles. The van der Waals surface area contributed by atoms with Crippen LogP contribution in [0.25, 0.3) is 0 Å². The molecule has 2 unspecified atom stereocenters. The predicted octanol–water partition coefficient (Wildman–Crippen LogP) is 0.627. The summed E-state index contributed by atoms with van der Waals surface area (Å²) in [4.78, 5) is 14.6. The van der Waals surface area contributed by atoms with Gasteiger partial charge in [-0.25, -0.2) is 0 Å². The number of amides is 1. The van der Waals surface area contributed by atoms with Crippen LogP contribution < -0.4 is 5.32 Å². The van der Waals surface area contributed by atoms with Crippen LogP contribution in [0.1, 0.15) is 27.7 Å². The summed E-state index contributed by atoms with van der Waals surface area (Å²) in [6, 6.07) is 3.54. The van der Waals surface area contributed by atoms with Crippen molar-refractivity contribution in [3.63, 3.8) is 0 Å². The summed E-state index contributed by atoms with van der Waals surface area (Å²) < 4.78 is 1.67. The molecule has 2 rings (SSSR count). The van der Waals surface area contributed by atoms with E-state index in [2.05, 4.69) is 30.3 Å². The van der Waals surface area contributed by atoms with Crippen molar-refractivity contribution in [3.05, 3.63) is 18.5 Å². The van der Waals surface area contributed by atoms with Crippen molar-refractivity contribution in [2.45, 2.75) is 45.3 Å². The van der Waals surface area contributed by atoms with Crippen LogP contribution in [0.15, 0.2) is 12.4 Å². The Morgan fingerprint density at radius 1 is 1.39 bits per heavy atom. The van der Waals surface area contributed by atoms with Crippen LogP contribution in [-0.2, 0) is 10.3 Å². The largest absolute Gasteiger partial charge is 0.338 e. The molecule has 0 aliphatic carbocycles. The molecule has 1 aromatic heterocycles. The third-order valence-corrected chi connectivity index (χ3v) is 3.39. The first-order chi connectivity index (χ1) is 8.41. The van der Waals surface area contributed by atoms with Crippen molar-refractivity contribution in [2.75, 3.05) is 13.1 Å². The highest BCUT2D eigenvalue weighted by atomic mass is 16.2. The first-order valence-electron chi connectivity index (χ1n) is 6.38. The lowest BCUT2D eigenvalue weighted by atomic mass is 10.0. The number of rotatable bonds is 2. The maximum atomic E-state index is 12.6. The van der Waals surface area contributed by atoms with E-state index in [1.165, 1.54) is 0 Å². The fourth-order valence-electron chi connectivity index (χ4n) is 2.52. The second-order valence-corrected chi connectivity index (χ2v) is 5.62. The van der Waals surface area contributed by atoms with Gasteiger partial charge in [-0.1, -0.05) is 0 Å². The number of nitrogens with one attached hydrogen (secondary N) is 1. The normalized spacial score (nSPS) is 25.2. The summed E-state index contributed by atoms with van der Waals surface area (Å²) in [5, 5.41) is 7.57. The molecule has 0 bridgehead atoms. The molecule has 1 aliphatic heterocycles. The zero-order valence-corrected chi connectivity index (χ0v) is 11.5. The molecule has 5 nitrogen and oxygen atoms in total. The smallest absolute Gasteiger partial charge is 0.250 e. The van der Waals surface area contributed by atoms with Gasteiger partial charge in [-0.15, -0.1) is 0 Å². The minimum atomic E-state index is -0.656. The second-order valence-electron chi connectivity index (χ2n) is 5.62. The lowest BCUT2D eigenvalue weighted by Crippen LogP contribution is -2.59. The monoisotopic (exact) mass is 249 g/mol. The zero-order chi connectivity index (χ0) is 13.3. The molecule has 1 amide bonds. The third kappa shape index (κ3) is 2.41. The average molecular weight is 249 g/mol. The van der Waals surface area contributed by atoms with Crippen molar-refractivity contribution in [2.24, 2.45) is 0 Å². The summed E-state index contributed by atoms with van der Waals surface area (Å²) in [5.74, 6) is 0.111. The van der Waals surface area contributed by atoms with E-state index in [9.17, 15) is 4.79 Å². The zero-order valence-electron chi connectivity index (χ0n) is 11.5. The number of hydrogen-bond acceptors (Lipinski definition) is 3. The van der Waals surface area contributed by atoms with Gasteiger partial charge in [-0.2, -0.15) is 5.10 Å². The topological polar surface area (TPSA) is 50.2 Å². The van der Waals surface area contributed by atoms with E-state index in [1.807, 2.05) is 18.7 Å². The lowest BCUT2D eigenvalue weighted by Gasteiger charge is -2.40. The lowest BCUT2D eigenvalue weighted by molar-refractivity contribution is -0.141. The van der Waals surface area contributed by atoms with Crippen LogP contribution in [0, 0.1) is 6.07 Å². The molecule has 18 heavy (non-hydrogen) atoms. The maximum Gasteiger partial charge on any atom is 0.250 e. The molecule has 2 heterocycles. The molecule has 1 aliphatic rings. The highest BCUT2D eigenvalue weighted by molar-refractivity contribution is 5.83. The van der Waals surface area contributed by atoms with Crippen LogP contribution in [0.3, 0.4) is 0 Å². The van der Waals surface area contributed by atoms with Crippen molar-refractivity contribution in [3.8, 4) is 0 Å². The molecule has 0 spiro atoms. The number of carbonyl (C=O) groups excluding carboxylic acids is 1. The third-order valence-electron chi connectivity index (χ3n) is 3.39. The summed E-state index contributed by atoms with van der Waals surface area (Å²) in [6.45, 7) is 9.49. The fraction of sp³-hybridized carbons (Fsp3) is 0.692. The van der Waals surface area contributed by atoms with Gasteiger partial charge in [0, 0.05) is 37.4 Å². The van der Waals surface area contributed by atoms with E-state index >= 15 is 0 Å². The second kappa shape index (κ2) is 4.72. The van der Waals surface area contributed by atoms with Gasteiger partial charge in [0.25, 0.3) is 0 Å². The van der Waals surface area contributed by atoms with E-state index in [0.29, 0.717) is 12.1 Å². The van der Waals surface area contributed by atoms with E-state index in [4.69, 9.17) is 0 Å². The van der Waals surface area contributed by atoms with Crippen LogP contribution in [0.2, 0.25) is 0 Å². The summed E-state index contributed by atoms with van der Waals surface area (Å²) in [5.41, 5.74) is -0.656.